The molecule has 120 valence electrons. The molecule has 0 saturated heterocycles. The predicted molar refractivity (Wildman–Crippen MR) is 95.4 cm³/mol. The number of nitrogens with zero attached hydrogens (tertiary/aromatic N) is 1. The van der Waals surface area contributed by atoms with Crippen LogP contribution in [0.5, 0.6) is 0 Å². The number of hydrogen-bond acceptors (Lipinski definition) is 3. The van der Waals surface area contributed by atoms with Crippen LogP contribution in [0, 0.1) is 0 Å². The fourth-order valence-corrected chi connectivity index (χ4v) is 2.45. The molecule has 0 spiro atoms. The highest BCUT2D eigenvalue weighted by atomic mass is 35.5. The van der Waals surface area contributed by atoms with Gasteiger partial charge in [0.2, 0.25) is 0 Å². The Balaban J connectivity index is 1.86. The van der Waals surface area contributed by atoms with Crippen molar-refractivity contribution in [3.8, 4) is 0 Å². The van der Waals surface area contributed by atoms with Crippen LogP contribution in [0.25, 0.3) is 0 Å². The molecule has 0 aliphatic rings. The second-order valence-electron chi connectivity index (χ2n) is 4.84. The second kappa shape index (κ2) is 8.56. The van der Waals surface area contributed by atoms with E-state index in [0.29, 0.717) is 34.5 Å². The molecule has 0 atom stereocenters. The van der Waals surface area contributed by atoms with Gasteiger partial charge in [0.1, 0.15) is 5.82 Å². The standard InChI is InChI=1S/C17H17Cl2N3O/c1-2-8-21-17(23)13-4-6-16(22-11-13)20-9-7-12-3-5-14(18)10-15(12)19/h2-6,10-11H,1,7-9H2,(H,20,22)(H,21,23). The first-order valence-corrected chi connectivity index (χ1v) is 7.88. The Morgan fingerprint density at radius 3 is 2.74 bits per heavy atom. The van der Waals surface area contributed by atoms with Crippen LogP contribution in [0.15, 0.2) is 49.2 Å². The molecule has 0 aliphatic heterocycles. The number of nitrogens with one attached hydrogen (secondary N) is 2. The normalized spacial score (nSPS) is 10.2. The van der Waals surface area contributed by atoms with Gasteiger partial charge in [0, 0.05) is 29.3 Å². The fourth-order valence-electron chi connectivity index (χ4n) is 1.95. The summed E-state index contributed by atoms with van der Waals surface area (Å²) in [5.41, 5.74) is 1.53. The zero-order valence-corrected chi connectivity index (χ0v) is 14.0. The Bertz CT molecular complexity index is 687. The maximum atomic E-state index is 11.7. The third kappa shape index (κ3) is 5.27. The SMILES string of the molecule is C=CCNC(=O)c1ccc(NCCc2ccc(Cl)cc2Cl)nc1. The Labute approximate surface area is 145 Å². The van der Waals surface area contributed by atoms with E-state index in [9.17, 15) is 4.79 Å². The Hall–Kier alpha value is -2.04. The summed E-state index contributed by atoms with van der Waals surface area (Å²) < 4.78 is 0. The molecule has 0 fully saturated rings. The highest BCUT2D eigenvalue weighted by Gasteiger charge is 2.05. The minimum absolute atomic E-state index is 0.170. The molecule has 2 aromatic rings. The lowest BCUT2D eigenvalue weighted by atomic mass is 10.1. The monoisotopic (exact) mass is 349 g/mol. The fraction of sp³-hybridized carbons (Fsp3) is 0.176. The molecule has 0 bridgehead atoms. The molecule has 1 amide bonds. The number of aromatic nitrogens is 1. The summed E-state index contributed by atoms with van der Waals surface area (Å²) in [5, 5.41) is 7.17. The van der Waals surface area contributed by atoms with Crippen LogP contribution >= 0.6 is 23.2 Å². The van der Waals surface area contributed by atoms with E-state index in [1.165, 1.54) is 6.20 Å². The lowest BCUT2D eigenvalue weighted by molar-refractivity contribution is 0.0957. The summed E-state index contributed by atoms with van der Waals surface area (Å²) in [5.74, 6) is 0.534. The molecular formula is C17H17Cl2N3O. The largest absolute Gasteiger partial charge is 0.370 e. The van der Waals surface area contributed by atoms with Crippen LogP contribution in [-0.4, -0.2) is 24.0 Å². The van der Waals surface area contributed by atoms with E-state index < -0.39 is 0 Å². The molecular weight excluding hydrogens is 333 g/mol. The number of carbonyl (C=O) groups is 1. The van der Waals surface area contributed by atoms with E-state index in [1.54, 1.807) is 24.3 Å². The minimum Gasteiger partial charge on any atom is -0.370 e. The second-order valence-corrected chi connectivity index (χ2v) is 5.69. The van der Waals surface area contributed by atoms with Gasteiger partial charge in [-0.2, -0.15) is 0 Å². The summed E-state index contributed by atoms with van der Waals surface area (Å²) in [7, 11) is 0. The van der Waals surface area contributed by atoms with Crippen LogP contribution in [0.1, 0.15) is 15.9 Å². The molecule has 1 heterocycles. The van der Waals surface area contributed by atoms with E-state index in [4.69, 9.17) is 23.2 Å². The van der Waals surface area contributed by atoms with Crippen molar-refractivity contribution >= 4 is 34.9 Å². The Kier molecular flexibility index (Phi) is 6.44. The van der Waals surface area contributed by atoms with Gasteiger partial charge in [-0.1, -0.05) is 35.3 Å². The zero-order valence-electron chi connectivity index (χ0n) is 12.5. The third-order valence-corrected chi connectivity index (χ3v) is 3.74. The highest BCUT2D eigenvalue weighted by Crippen LogP contribution is 2.21. The summed E-state index contributed by atoms with van der Waals surface area (Å²) >= 11 is 12.0. The number of benzene rings is 1. The average Bonchev–Trinajstić information content (AvgIpc) is 2.55. The van der Waals surface area contributed by atoms with E-state index in [0.717, 1.165) is 12.0 Å². The summed E-state index contributed by atoms with van der Waals surface area (Å²) in [4.78, 5) is 16.0. The summed E-state index contributed by atoms with van der Waals surface area (Å²) in [6.45, 7) is 4.66. The molecule has 23 heavy (non-hydrogen) atoms. The summed E-state index contributed by atoms with van der Waals surface area (Å²) in [6.07, 6.45) is 3.92. The molecule has 0 radical (unpaired) electrons. The van der Waals surface area contributed by atoms with Crippen LogP contribution in [0.3, 0.4) is 0 Å². The smallest absolute Gasteiger partial charge is 0.253 e. The lowest BCUT2D eigenvalue weighted by Crippen LogP contribution is -2.23. The van der Waals surface area contributed by atoms with E-state index in [1.807, 2.05) is 12.1 Å². The minimum atomic E-state index is -0.170. The van der Waals surface area contributed by atoms with Gasteiger partial charge in [-0.05, 0) is 36.2 Å². The van der Waals surface area contributed by atoms with Crippen molar-refractivity contribution in [2.75, 3.05) is 18.4 Å². The topological polar surface area (TPSA) is 54.0 Å². The first-order valence-electron chi connectivity index (χ1n) is 7.13. The van der Waals surface area contributed by atoms with Crippen molar-refractivity contribution in [1.82, 2.24) is 10.3 Å². The number of amides is 1. The molecule has 2 rings (SSSR count). The van der Waals surface area contributed by atoms with Gasteiger partial charge in [0.25, 0.3) is 5.91 Å². The number of anilines is 1. The number of halogens is 2. The predicted octanol–water partition coefficient (Wildman–Crippen LogP) is 3.96. The summed E-state index contributed by atoms with van der Waals surface area (Å²) in [6, 6.07) is 8.95. The molecule has 2 N–H and O–H groups in total. The Morgan fingerprint density at radius 1 is 1.26 bits per heavy atom. The van der Waals surface area contributed by atoms with Crippen molar-refractivity contribution in [3.63, 3.8) is 0 Å². The van der Waals surface area contributed by atoms with E-state index >= 15 is 0 Å². The van der Waals surface area contributed by atoms with Gasteiger partial charge in [-0.3, -0.25) is 4.79 Å². The number of rotatable bonds is 7. The van der Waals surface area contributed by atoms with Gasteiger partial charge in [-0.15, -0.1) is 6.58 Å². The molecule has 0 aliphatic carbocycles. The van der Waals surface area contributed by atoms with Gasteiger partial charge in [0.05, 0.1) is 5.56 Å². The van der Waals surface area contributed by atoms with Crippen molar-refractivity contribution in [1.29, 1.82) is 0 Å². The van der Waals surface area contributed by atoms with Crippen LogP contribution in [0.2, 0.25) is 10.0 Å². The van der Waals surface area contributed by atoms with Crippen molar-refractivity contribution in [3.05, 3.63) is 70.4 Å². The van der Waals surface area contributed by atoms with Gasteiger partial charge in [0.15, 0.2) is 0 Å². The Morgan fingerprint density at radius 2 is 2.09 bits per heavy atom. The molecule has 1 aromatic heterocycles. The molecule has 0 unspecified atom stereocenters. The van der Waals surface area contributed by atoms with Gasteiger partial charge in [-0.25, -0.2) is 4.98 Å². The highest BCUT2D eigenvalue weighted by molar-refractivity contribution is 6.35. The van der Waals surface area contributed by atoms with Gasteiger partial charge >= 0.3 is 0 Å². The molecule has 1 aromatic carbocycles. The quantitative estimate of drug-likeness (QED) is 0.744. The molecule has 0 saturated carbocycles. The third-order valence-electron chi connectivity index (χ3n) is 3.15. The first kappa shape index (κ1) is 17.3. The molecule has 6 heteroatoms. The van der Waals surface area contributed by atoms with Gasteiger partial charge < -0.3 is 10.6 Å². The average molecular weight is 350 g/mol. The number of carbonyl (C=O) groups excluding carboxylic acids is 1. The van der Waals surface area contributed by atoms with Crippen LogP contribution < -0.4 is 10.6 Å². The maximum Gasteiger partial charge on any atom is 0.253 e. The van der Waals surface area contributed by atoms with Crippen molar-refractivity contribution in [2.45, 2.75) is 6.42 Å². The van der Waals surface area contributed by atoms with Crippen LogP contribution in [-0.2, 0) is 6.42 Å². The van der Waals surface area contributed by atoms with E-state index in [2.05, 4.69) is 22.2 Å². The lowest BCUT2D eigenvalue weighted by Gasteiger charge is -2.08. The zero-order chi connectivity index (χ0) is 16.7. The number of hydrogen-bond donors (Lipinski definition) is 2. The number of pyridine rings is 1. The van der Waals surface area contributed by atoms with E-state index in [-0.39, 0.29) is 5.91 Å². The first-order chi connectivity index (χ1) is 11.1. The molecule has 4 nitrogen and oxygen atoms in total. The van der Waals surface area contributed by atoms with Crippen molar-refractivity contribution in [2.24, 2.45) is 0 Å². The maximum absolute atomic E-state index is 11.7. The van der Waals surface area contributed by atoms with Crippen LogP contribution in [0.4, 0.5) is 5.82 Å². The van der Waals surface area contributed by atoms with Crippen molar-refractivity contribution < 1.29 is 4.79 Å².